The Hall–Kier alpha value is 1.02. The minimum Gasteiger partial charge on any atom is -2.00 e. The molecular weight excluding hydrogens is 310 g/mol. The molecule has 136 valence electrons. The summed E-state index contributed by atoms with van der Waals surface area (Å²) >= 11 is 1.62. The quantitative estimate of drug-likeness (QED) is 0.201. The van der Waals surface area contributed by atoms with E-state index in [1.54, 1.807) is 21.1 Å². The summed E-state index contributed by atoms with van der Waals surface area (Å²) in [7, 11) is 0. The van der Waals surface area contributed by atoms with Crippen LogP contribution in [0.2, 0.25) is 21.1 Å². The van der Waals surface area contributed by atoms with Crippen molar-refractivity contribution in [3.8, 4) is 0 Å². The van der Waals surface area contributed by atoms with Crippen molar-refractivity contribution in [1.82, 2.24) is 0 Å². The van der Waals surface area contributed by atoms with E-state index in [1.165, 1.54) is 77.0 Å². The van der Waals surface area contributed by atoms with Gasteiger partial charge in [0.15, 0.2) is 0 Å². The summed E-state index contributed by atoms with van der Waals surface area (Å²) in [5.74, 6) is 0. The van der Waals surface area contributed by atoms with Crippen molar-refractivity contribution in [2.45, 2.75) is 126 Å². The van der Waals surface area contributed by atoms with Crippen LogP contribution in [0.4, 0.5) is 0 Å². The molecule has 0 atom stereocenters. The second kappa shape index (κ2) is 30.9. The molecule has 0 aromatic rings. The second-order valence-corrected chi connectivity index (χ2v) is 10.0. The maximum absolute atomic E-state index is 2.28. The van der Waals surface area contributed by atoms with E-state index < -0.39 is 0 Å². The third-order valence-electron chi connectivity index (χ3n) is 4.05. The van der Waals surface area contributed by atoms with Gasteiger partial charge in [0.25, 0.3) is 0 Å². The number of unbranched alkanes of at least 4 members (excludes halogenated alkanes) is 8. The summed E-state index contributed by atoms with van der Waals surface area (Å²) in [4.78, 5) is 0. The molecule has 0 fully saturated rings. The normalized spacial score (nSPS) is 9.22. The van der Waals surface area contributed by atoms with Crippen LogP contribution in [0.25, 0.3) is 0 Å². The van der Waals surface area contributed by atoms with Crippen LogP contribution in [0.1, 0.15) is 105 Å². The van der Waals surface area contributed by atoms with Crippen LogP contribution in [-0.4, -0.2) is 30.4 Å². The van der Waals surface area contributed by atoms with Crippen LogP contribution in [0.15, 0.2) is 0 Å². The van der Waals surface area contributed by atoms with Gasteiger partial charge in [-0.2, -0.15) is 0 Å². The van der Waals surface area contributed by atoms with Gasteiger partial charge in [0.2, 0.25) is 0 Å². The SMILES string of the molecule is CCCC[CH2][Al+][CH2]CCCC.CCCC[CH2][Al+][CH2]CCCC.[O-2]. The first-order valence-electron chi connectivity index (χ1n) is 10.5. The first kappa shape index (κ1) is 28.8. The van der Waals surface area contributed by atoms with Gasteiger partial charge in [-0.1, -0.05) is 0 Å². The molecule has 0 amide bonds. The number of hydrogen-bond acceptors (Lipinski definition) is 0. The molecule has 0 aliphatic heterocycles. The predicted molar refractivity (Wildman–Crippen MR) is 110 cm³/mol. The monoisotopic (exact) mass is 354 g/mol. The molecule has 1 nitrogen and oxygen atoms in total. The van der Waals surface area contributed by atoms with E-state index >= 15 is 0 Å². The Morgan fingerprint density at radius 1 is 0.391 bits per heavy atom. The van der Waals surface area contributed by atoms with Gasteiger partial charge in [-0.25, -0.2) is 0 Å². The summed E-state index contributed by atoms with van der Waals surface area (Å²) < 4.78 is 0. The molecule has 0 aliphatic rings. The number of rotatable bonds is 16. The fraction of sp³-hybridized carbons (Fsp3) is 1.00. The maximum atomic E-state index is 2.28. The van der Waals surface area contributed by atoms with E-state index in [4.69, 9.17) is 0 Å². The molecule has 23 heavy (non-hydrogen) atoms. The summed E-state index contributed by atoms with van der Waals surface area (Å²) in [6.07, 6.45) is 17.4. The summed E-state index contributed by atoms with van der Waals surface area (Å²) in [5.41, 5.74) is 0. The molecule has 0 aromatic carbocycles. The Balaban J connectivity index is -0.000000333. The van der Waals surface area contributed by atoms with Crippen LogP contribution < -0.4 is 0 Å². The Morgan fingerprint density at radius 3 is 0.783 bits per heavy atom. The van der Waals surface area contributed by atoms with Gasteiger partial charge < -0.3 is 5.48 Å². The van der Waals surface area contributed by atoms with Crippen LogP contribution in [0.3, 0.4) is 0 Å². The summed E-state index contributed by atoms with van der Waals surface area (Å²) in [5, 5.41) is 6.21. The molecule has 0 heterocycles. The van der Waals surface area contributed by atoms with E-state index in [2.05, 4.69) is 27.7 Å². The first-order chi connectivity index (χ1) is 10.8. The fourth-order valence-corrected chi connectivity index (χ4v) is 5.33. The van der Waals surface area contributed by atoms with Crippen molar-refractivity contribution in [2.75, 3.05) is 0 Å². The zero-order valence-corrected chi connectivity index (χ0v) is 19.2. The molecule has 0 radical (unpaired) electrons. The minimum atomic E-state index is 0. The molecule has 3 heteroatoms. The van der Waals surface area contributed by atoms with E-state index in [9.17, 15) is 0 Å². The maximum Gasteiger partial charge on any atom is -2.00 e. The fourth-order valence-electron chi connectivity index (χ4n) is 2.44. The molecule has 0 bridgehead atoms. The Bertz CT molecular complexity index is 132. The molecule has 0 aromatic heterocycles. The predicted octanol–water partition coefficient (Wildman–Crippen LogP) is 7.70. The zero-order valence-electron chi connectivity index (χ0n) is 16.9. The van der Waals surface area contributed by atoms with Gasteiger partial charge in [-0.3, -0.25) is 0 Å². The smallest absolute Gasteiger partial charge is 2.00 e. The van der Waals surface area contributed by atoms with Crippen molar-refractivity contribution in [3.05, 3.63) is 0 Å². The molecule has 0 unspecified atom stereocenters. The van der Waals surface area contributed by atoms with Crippen molar-refractivity contribution in [1.29, 1.82) is 0 Å². The molecule has 0 spiro atoms. The minimum absolute atomic E-state index is 0. The van der Waals surface area contributed by atoms with Gasteiger partial charge in [-0.15, -0.1) is 0 Å². The van der Waals surface area contributed by atoms with E-state index in [0.29, 0.717) is 0 Å². The van der Waals surface area contributed by atoms with Gasteiger partial charge >= 0.3 is 156 Å². The van der Waals surface area contributed by atoms with Crippen molar-refractivity contribution in [3.63, 3.8) is 0 Å². The van der Waals surface area contributed by atoms with E-state index in [0.717, 1.165) is 30.4 Å². The third-order valence-corrected chi connectivity index (χ3v) is 7.31. The molecule has 0 aliphatic carbocycles. The summed E-state index contributed by atoms with van der Waals surface area (Å²) in [6.45, 7) is 9.14. The van der Waals surface area contributed by atoms with Crippen molar-refractivity contribution < 1.29 is 5.48 Å². The largest absolute Gasteiger partial charge is 2.00 e. The number of hydrogen-bond donors (Lipinski definition) is 0. The van der Waals surface area contributed by atoms with Gasteiger partial charge in [-0.05, 0) is 0 Å². The summed E-state index contributed by atoms with van der Waals surface area (Å²) in [6, 6.07) is 0. The zero-order chi connectivity index (χ0) is 16.7. The topological polar surface area (TPSA) is 28.5 Å². The van der Waals surface area contributed by atoms with Gasteiger partial charge in [0.1, 0.15) is 0 Å². The Morgan fingerprint density at radius 2 is 0.609 bits per heavy atom. The van der Waals surface area contributed by atoms with E-state index in [-0.39, 0.29) is 5.48 Å². The first-order valence-corrected chi connectivity index (χ1v) is 13.7. The standard InChI is InChI=1S/4C5H11.2Al.O/c4*1-3-5-4-2;;;/h4*1,3-5H2,2H3;;;/q;;;;2*+1;-2. The Kier molecular flexibility index (Phi) is 38.7. The van der Waals surface area contributed by atoms with Crippen LogP contribution in [0.5, 0.6) is 0 Å². The van der Waals surface area contributed by atoms with E-state index in [1.807, 2.05) is 0 Å². The molecular formula is C20H44Al2O. The van der Waals surface area contributed by atoms with Gasteiger partial charge in [0.05, 0.1) is 0 Å². The average molecular weight is 355 g/mol. The third kappa shape index (κ3) is 35.1. The van der Waals surface area contributed by atoms with Crippen LogP contribution in [-0.2, 0) is 5.48 Å². The Labute approximate surface area is 161 Å². The average Bonchev–Trinajstić information content (AvgIpc) is 2.54. The second-order valence-electron chi connectivity index (χ2n) is 6.56. The van der Waals surface area contributed by atoms with Crippen LogP contribution >= 0.6 is 0 Å². The van der Waals surface area contributed by atoms with Crippen molar-refractivity contribution in [2.24, 2.45) is 0 Å². The molecule has 0 N–H and O–H groups in total. The molecule has 0 saturated heterocycles. The molecule has 0 saturated carbocycles. The van der Waals surface area contributed by atoms with Gasteiger partial charge in [0, 0.05) is 0 Å². The van der Waals surface area contributed by atoms with Crippen LogP contribution in [0, 0.1) is 0 Å². The van der Waals surface area contributed by atoms with Crippen molar-refractivity contribution >= 4 is 30.4 Å². The molecule has 0 rings (SSSR count).